The van der Waals surface area contributed by atoms with Crippen LogP contribution in [0.15, 0.2) is 5.16 Å². The standard InChI is InChI=1S/C14H23F2N3O2/c1-13(12(17)18-21)6-8-19(9-7-13)11(20)10-2-4-14(15,16)5-3-10/h10,21H,2-9H2,1H3,(H2,17,18). The van der Waals surface area contributed by atoms with Crippen LogP contribution in [-0.2, 0) is 4.79 Å². The Morgan fingerprint density at radius 2 is 1.76 bits per heavy atom. The molecular formula is C14H23F2N3O2. The van der Waals surface area contributed by atoms with E-state index < -0.39 is 11.3 Å². The van der Waals surface area contributed by atoms with E-state index in [4.69, 9.17) is 10.9 Å². The van der Waals surface area contributed by atoms with Crippen molar-refractivity contribution in [3.63, 3.8) is 0 Å². The molecular weight excluding hydrogens is 280 g/mol. The zero-order chi connectivity index (χ0) is 15.7. The van der Waals surface area contributed by atoms with Crippen LogP contribution in [0.1, 0.15) is 45.4 Å². The van der Waals surface area contributed by atoms with Crippen LogP contribution in [0.4, 0.5) is 8.78 Å². The van der Waals surface area contributed by atoms with Gasteiger partial charge in [-0.3, -0.25) is 4.79 Å². The molecule has 1 saturated heterocycles. The van der Waals surface area contributed by atoms with Crippen molar-refractivity contribution >= 4 is 11.7 Å². The van der Waals surface area contributed by atoms with Crippen LogP contribution >= 0.6 is 0 Å². The Labute approximate surface area is 123 Å². The molecule has 0 aromatic rings. The second-order valence-electron chi connectivity index (χ2n) is 6.50. The number of amides is 1. The van der Waals surface area contributed by atoms with Crippen LogP contribution < -0.4 is 5.73 Å². The predicted molar refractivity (Wildman–Crippen MR) is 74.2 cm³/mol. The summed E-state index contributed by atoms with van der Waals surface area (Å²) in [6.07, 6.45) is 1.38. The summed E-state index contributed by atoms with van der Waals surface area (Å²) in [5.41, 5.74) is 5.29. The van der Waals surface area contributed by atoms with E-state index in [9.17, 15) is 13.6 Å². The monoisotopic (exact) mass is 303 g/mol. The topological polar surface area (TPSA) is 78.9 Å². The number of carbonyl (C=O) groups is 1. The zero-order valence-corrected chi connectivity index (χ0v) is 12.3. The summed E-state index contributed by atoms with van der Waals surface area (Å²) in [6.45, 7) is 2.96. The molecule has 120 valence electrons. The molecule has 1 aliphatic carbocycles. The fourth-order valence-corrected chi connectivity index (χ4v) is 3.14. The van der Waals surface area contributed by atoms with Gasteiger partial charge in [-0.1, -0.05) is 12.1 Å². The highest BCUT2D eigenvalue weighted by atomic mass is 19.3. The molecule has 21 heavy (non-hydrogen) atoms. The lowest BCUT2D eigenvalue weighted by Gasteiger charge is -2.40. The minimum absolute atomic E-state index is 0.0212. The third kappa shape index (κ3) is 3.44. The van der Waals surface area contributed by atoms with E-state index in [1.807, 2.05) is 6.92 Å². The van der Waals surface area contributed by atoms with E-state index in [-0.39, 0.29) is 43.3 Å². The van der Waals surface area contributed by atoms with Crippen molar-refractivity contribution in [3.05, 3.63) is 0 Å². The first-order valence-electron chi connectivity index (χ1n) is 7.42. The van der Waals surface area contributed by atoms with Crippen molar-refractivity contribution in [3.8, 4) is 0 Å². The number of nitrogens with zero attached hydrogens (tertiary/aromatic N) is 2. The highest BCUT2D eigenvalue weighted by Gasteiger charge is 2.41. The van der Waals surface area contributed by atoms with Crippen molar-refractivity contribution in [1.82, 2.24) is 4.90 Å². The molecule has 7 heteroatoms. The number of carbonyl (C=O) groups excluding carboxylic acids is 1. The molecule has 0 atom stereocenters. The summed E-state index contributed by atoms with van der Waals surface area (Å²) in [5, 5.41) is 11.9. The molecule has 0 spiro atoms. The van der Waals surface area contributed by atoms with Crippen molar-refractivity contribution in [2.45, 2.75) is 51.4 Å². The van der Waals surface area contributed by atoms with E-state index in [1.165, 1.54) is 0 Å². The first-order chi connectivity index (χ1) is 9.77. The average Bonchev–Trinajstić information content (AvgIpc) is 2.46. The van der Waals surface area contributed by atoms with E-state index in [0.29, 0.717) is 25.9 Å². The molecule has 0 aromatic heterocycles. The third-order valence-corrected chi connectivity index (χ3v) is 4.97. The summed E-state index contributed by atoms with van der Waals surface area (Å²) >= 11 is 0. The summed E-state index contributed by atoms with van der Waals surface area (Å²) in [5.74, 6) is -2.72. The number of halogens is 2. The van der Waals surface area contributed by atoms with Gasteiger partial charge in [0.15, 0.2) is 0 Å². The number of rotatable bonds is 2. The van der Waals surface area contributed by atoms with Gasteiger partial charge in [-0.25, -0.2) is 8.78 Å². The molecule has 5 nitrogen and oxygen atoms in total. The molecule has 2 aliphatic rings. The van der Waals surface area contributed by atoms with Crippen LogP contribution in [0.2, 0.25) is 0 Å². The van der Waals surface area contributed by atoms with Crippen molar-refractivity contribution in [2.75, 3.05) is 13.1 Å². The molecule has 1 saturated carbocycles. The minimum Gasteiger partial charge on any atom is -0.409 e. The average molecular weight is 303 g/mol. The van der Waals surface area contributed by atoms with Crippen molar-refractivity contribution < 1.29 is 18.8 Å². The first-order valence-corrected chi connectivity index (χ1v) is 7.42. The van der Waals surface area contributed by atoms with Crippen molar-refractivity contribution in [2.24, 2.45) is 22.2 Å². The van der Waals surface area contributed by atoms with Crippen LogP contribution in [0.3, 0.4) is 0 Å². The van der Waals surface area contributed by atoms with Gasteiger partial charge < -0.3 is 15.8 Å². The predicted octanol–water partition coefficient (Wildman–Crippen LogP) is 2.19. The number of alkyl halides is 2. The van der Waals surface area contributed by atoms with Gasteiger partial charge in [0.2, 0.25) is 11.8 Å². The molecule has 2 rings (SSSR count). The van der Waals surface area contributed by atoms with Gasteiger partial charge in [0, 0.05) is 37.3 Å². The number of nitrogens with two attached hydrogens (primary N) is 1. The Hall–Kier alpha value is -1.40. The molecule has 0 aromatic carbocycles. The molecule has 1 aliphatic heterocycles. The number of oxime groups is 1. The molecule has 0 radical (unpaired) electrons. The molecule has 2 fully saturated rings. The molecule has 3 N–H and O–H groups in total. The van der Waals surface area contributed by atoms with E-state index in [2.05, 4.69) is 5.16 Å². The highest BCUT2D eigenvalue weighted by Crippen LogP contribution is 2.38. The second-order valence-corrected chi connectivity index (χ2v) is 6.50. The van der Waals surface area contributed by atoms with Gasteiger partial charge in [0.1, 0.15) is 5.84 Å². The Morgan fingerprint density at radius 3 is 2.24 bits per heavy atom. The fraction of sp³-hybridized carbons (Fsp3) is 0.857. The summed E-state index contributed by atoms with van der Waals surface area (Å²) in [7, 11) is 0. The van der Waals surface area contributed by atoms with Gasteiger partial charge >= 0.3 is 0 Å². The Morgan fingerprint density at radius 1 is 1.24 bits per heavy atom. The number of piperidine rings is 1. The summed E-state index contributed by atoms with van der Waals surface area (Å²) in [4.78, 5) is 14.1. The summed E-state index contributed by atoms with van der Waals surface area (Å²) < 4.78 is 26.3. The summed E-state index contributed by atoms with van der Waals surface area (Å²) in [6, 6.07) is 0. The van der Waals surface area contributed by atoms with E-state index in [0.717, 1.165) is 0 Å². The number of amidine groups is 1. The maximum Gasteiger partial charge on any atom is 0.248 e. The minimum atomic E-state index is -2.61. The lowest BCUT2D eigenvalue weighted by atomic mass is 9.78. The normalized spacial score (nSPS) is 26.6. The fourth-order valence-electron chi connectivity index (χ4n) is 3.14. The maximum atomic E-state index is 13.1. The van der Waals surface area contributed by atoms with Gasteiger partial charge in [-0.15, -0.1) is 0 Å². The molecule has 1 heterocycles. The number of likely N-dealkylation sites (tertiary alicyclic amines) is 1. The molecule has 0 bridgehead atoms. The van der Waals surface area contributed by atoms with Gasteiger partial charge in [0.25, 0.3) is 0 Å². The van der Waals surface area contributed by atoms with Crippen LogP contribution in [0.5, 0.6) is 0 Å². The number of hydrogen-bond donors (Lipinski definition) is 2. The highest BCUT2D eigenvalue weighted by molar-refractivity contribution is 5.86. The van der Waals surface area contributed by atoms with Gasteiger partial charge in [-0.05, 0) is 25.7 Å². The van der Waals surface area contributed by atoms with Crippen LogP contribution in [0, 0.1) is 11.3 Å². The molecule has 0 unspecified atom stereocenters. The lowest BCUT2D eigenvalue weighted by Crippen LogP contribution is -2.49. The van der Waals surface area contributed by atoms with Gasteiger partial charge in [0.05, 0.1) is 0 Å². The Kier molecular flexibility index (Phi) is 4.39. The van der Waals surface area contributed by atoms with E-state index >= 15 is 0 Å². The lowest BCUT2D eigenvalue weighted by molar-refractivity contribution is -0.141. The third-order valence-electron chi connectivity index (χ3n) is 4.97. The van der Waals surface area contributed by atoms with Crippen LogP contribution in [-0.4, -0.2) is 40.9 Å². The van der Waals surface area contributed by atoms with Crippen molar-refractivity contribution in [1.29, 1.82) is 0 Å². The quantitative estimate of drug-likeness (QED) is 0.355. The maximum absolute atomic E-state index is 13.1. The largest absolute Gasteiger partial charge is 0.409 e. The van der Waals surface area contributed by atoms with Crippen LogP contribution in [0.25, 0.3) is 0 Å². The number of hydrogen-bond acceptors (Lipinski definition) is 3. The molecule has 1 amide bonds. The Balaban J connectivity index is 1.89. The SMILES string of the molecule is CC1(C(N)=NO)CCN(C(=O)C2CCC(F)(F)CC2)CC1. The second kappa shape index (κ2) is 5.77. The van der Waals surface area contributed by atoms with E-state index in [1.54, 1.807) is 4.90 Å². The Bertz CT molecular complexity index is 422. The first kappa shape index (κ1) is 16.0. The smallest absolute Gasteiger partial charge is 0.248 e. The van der Waals surface area contributed by atoms with Gasteiger partial charge in [-0.2, -0.15) is 0 Å². The zero-order valence-electron chi connectivity index (χ0n) is 12.3.